The van der Waals surface area contributed by atoms with Crippen LogP contribution in [0.4, 0.5) is 0 Å². The van der Waals surface area contributed by atoms with Crippen molar-refractivity contribution >= 4 is 0 Å². The van der Waals surface area contributed by atoms with Gasteiger partial charge < -0.3 is 10.1 Å². The van der Waals surface area contributed by atoms with Crippen LogP contribution in [0.5, 0.6) is 5.75 Å². The summed E-state index contributed by atoms with van der Waals surface area (Å²) in [6.45, 7) is 6.79. The normalized spacial score (nSPS) is 15.9. The highest BCUT2D eigenvalue weighted by Gasteiger charge is 2.43. The van der Waals surface area contributed by atoms with Gasteiger partial charge in [-0.15, -0.1) is 0 Å². The zero-order valence-electron chi connectivity index (χ0n) is 12.4. The molecule has 1 aliphatic rings. The topological polar surface area (TPSA) is 57.9 Å². The van der Waals surface area contributed by atoms with E-state index >= 15 is 0 Å². The summed E-state index contributed by atoms with van der Waals surface area (Å²) < 4.78 is 5.75. The minimum Gasteiger partial charge on any atom is -0.491 e. The lowest BCUT2D eigenvalue weighted by Crippen LogP contribution is -2.19. The zero-order chi connectivity index (χ0) is 14.4. The van der Waals surface area contributed by atoms with Crippen LogP contribution < -0.4 is 10.1 Å². The van der Waals surface area contributed by atoms with Crippen molar-refractivity contribution in [3.8, 4) is 11.8 Å². The highest BCUT2D eigenvalue weighted by molar-refractivity contribution is 5.20. The maximum Gasteiger partial charge on any atom is 0.137 e. The van der Waals surface area contributed by atoms with Crippen molar-refractivity contribution in [3.63, 3.8) is 0 Å². The third-order valence-corrected chi connectivity index (χ3v) is 3.61. The third-order valence-electron chi connectivity index (χ3n) is 3.61. The Bertz CT molecular complexity index is 458. The second kappa shape index (κ2) is 6.71. The highest BCUT2D eigenvalue weighted by Crippen LogP contribution is 2.48. The van der Waals surface area contributed by atoms with Gasteiger partial charge in [-0.25, -0.2) is 0 Å². The number of rotatable bonds is 8. The average Bonchev–Trinajstić information content (AvgIpc) is 3.18. The lowest BCUT2D eigenvalue weighted by molar-refractivity contribution is 0.236. The molecule has 1 aromatic heterocycles. The monoisotopic (exact) mass is 273 g/mol. The summed E-state index contributed by atoms with van der Waals surface area (Å²) in [5.41, 5.74) is 1.14. The molecule has 4 heteroatoms. The van der Waals surface area contributed by atoms with E-state index in [1.54, 1.807) is 6.20 Å². The summed E-state index contributed by atoms with van der Waals surface area (Å²) in [6.07, 6.45) is 4.57. The van der Waals surface area contributed by atoms with Gasteiger partial charge in [0.2, 0.25) is 0 Å². The number of hydrogen-bond donors (Lipinski definition) is 1. The number of ether oxygens (including phenoxy) is 1. The van der Waals surface area contributed by atoms with E-state index in [0.717, 1.165) is 37.4 Å². The van der Waals surface area contributed by atoms with Crippen LogP contribution in [-0.2, 0) is 6.54 Å². The molecule has 1 saturated carbocycles. The van der Waals surface area contributed by atoms with Crippen molar-refractivity contribution in [1.82, 2.24) is 10.3 Å². The van der Waals surface area contributed by atoms with E-state index in [4.69, 9.17) is 10.00 Å². The fourth-order valence-corrected chi connectivity index (χ4v) is 2.04. The van der Waals surface area contributed by atoms with Crippen LogP contribution in [0.25, 0.3) is 0 Å². The zero-order valence-corrected chi connectivity index (χ0v) is 12.4. The molecule has 108 valence electrons. The quantitative estimate of drug-likeness (QED) is 0.791. The van der Waals surface area contributed by atoms with Gasteiger partial charge in [-0.05, 0) is 37.4 Å². The molecule has 0 radical (unpaired) electrons. The van der Waals surface area contributed by atoms with Gasteiger partial charge in [0.25, 0.3) is 0 Å². The summed E-state index contributed by atoms with van der Waals surface area (Å²) in [5, 5.41) is 12.1. The van der Waals surface area contributed by atoms with Crippen LogP contribution in [0.1, 0.15) is 38.8 Å². The van der Waals surface area contributed by atoms with Crippen molar-refractivity contribution in [2.75, 3.05) is 13.2 Å². The minimum atomic E-state index is 0.117. The number of aromatic nitrogens is 1. The molecule has 2 rings (SSSR count). The molecule has 0 spiro atoms. The van der Waals surface area contributed by atoms with Crippen molar-refractivity contribution in [2.24, 2.45) is 11.3 Å². The van der Waals surface area contributed by atoms with Crippen LogP contribution in [0.15, 0.2) is 18.3 Å². The van der Waals surface area contributed by atoms with Crippen LogP contribution in [0.2, 0.25) is 0 Å². The first kappa shape index (κ1) is 14.8. The van der Waals surface area contributed by atoms with Gasteiger partial charge in [0, 0.05) is 18.4 Å². The SMILES string of the molecule is CC(C)CNCc1ccc(OCC2(CC#N)CC2)cn1. The lowest BCUT2D eigenvalue weighted by Gasteiger charge is -2.13. The molecular weight excluding hydrogens is 250 g/mol. The number of nitriles is 1. The summed E-state index contributed by atoms with van der Waals surface area (Å²) in [5.74, 6) is 1.44. The van der Waals surface area contributed by atoms with Crippen LogP contribution >= 0.6 is 0 Å². The number of nitrogens with zero attached hydrogens (tertiary/aromatic N) is 2. The molecule has 1 aliphatic carbocycles. The first-order chi connectivity index (χ1) is 9.63. The standard InChI is InChI=1S/C16H23N3O/c1-13(2)9-18-10-14-3-4-15(11-19-14)20-12-16(5-6-16)7-8-17/h3-4,11,13,18H,5-7,9-10,12H2,1-2H3. The average molecular weight is 273 g/mol. The van der Waals surface area contributed by atoms with E-state index in [0.29, 0.717) is 18.9 Å². The maximum absolute atomic E-state index is 8.77. The van der Waals surface area contributed by atoms with Gasteiger partial charge in [0.05, 0.1) is 24.6 Å². The van der Waals surface area contributed by atoms with E-state index < -0.39 is 0 Å². The second-order valence-corrected chi connectivity index (χ2v) is 6.13. The second-order valence-electron chi connectivity index (χ2n) is 6.13. The Hall–Kier alpha value is -1.60. The Labute approximate surface area is 121 Å². The van der Waals surface area contributed by atoms with E-state index in [1.165, 1.54) is 0 Å². The molecule has 0 saturated heterocycles. The number of nitrogens with one attached hydrogen (secondary N) is 1. The Morgan fingerprint density at radius 3 is 2.80 bits per heavy atom. The molecule has 0 aliphatic heterocycles. The molecule has 1 N–H and O–H groups in total. The minimum absolute atomic E-state index is 0.117. The Kier molecular flexibility index (Phi) is 4.97. The van der Waals surface area contributed by atoms with Crippen molar-refractivity contribution in [3.05, 3.63) is 24.0 Å². The van der Waals surface area contributed by atoms with Crippen molar-refractivity contribution in [1.29, 1.82) is 5.26 Å². The largest absolute Gasteiger partial charge is 0.491 e. The molecule has 1 heterocycles. The predicted molar refractivity (Wildman–Crippen MR) is 78.2 cm³/mol. The predicted octanol–water partition coefficient (Wildman–Crippen LogP) is 2.90. The third kappa shape index (κ3) is 4.50. The fraction of sp³-hybridized carbons (Fsp3) is 0.625. The molecule has 20 heavy (non-hydrogen) atoms. The van der Waals surface area contributed by atoms with E-state index in [2.05, 4.69) is 30.2 Å². The first-order valence-electron chi connectivity index (χ1n) is 7.29. The van der Waals surface area contributed by atoms with Crippen LogP contribution in [0, 0.1) is 22.7 Å². The molecule has 0 aromatic carbocycles. The Balaban J connectivity index is 1.76. The van der Waals surface area contributed by atoms with Gasteiger partial charge in [-0.2, -0.15) is 5.26 Å². The number of pyridine rings is 1. The molecule has 0 bridgehead atoms. The summed E-state index contributed by atoms with van der Waals surface area (Å²) in [4.78, 5) is 4.39. The summed E-state index contributed by atoms with van der Waals surface area (Å²) in [6, 6.07) is 6.20. The van der Waals surface area contributed by atoms with E-state index in [9.17, 15) is 0 Å². The van der Waals surface area contributed by atoms with Crippen LogP contribution in [-0.4, -0.2) is 18.1 Å². The molecule has 0 unspecified atom stereocenters. The Morgan fingerprint density at radius 1 is 1.45 bits per heavy atom. The van der Waals surface area contributed by atoms with Gasteiger partial charge >= 0.3 is 0 Å². The molecule has 0 atom stereocenters. The van der Waals surface area contributed by atoms with E-state index in [1.807, 2.05) is 12.1 Å². The molecule has 1 aromatic rings. The van der Waals surface area contributed by atoms with E-state index in [-0.39, 0.29) is 5.41 Å². The Morgan fingerprint density at radius 2 is 2.25 bits per heavy atom. The van der Waals surface area contributed by atoms with Gasteiger partial charge in [0.15, 0.2) is 0 Å². The molecule has 0 amide bonds. The fourth-order valence-electron chi connectivity index (χ4n) is 2.04. The van der Waals surface area contributed by atoms with Crippen LogP contribution in [0.3, 0.4) is 0 Å². The van der Waals surface area contributed by atoms with Gasteiger partial charge in [0.1, 0.15) is 5.75 Å². The maximum atomic E-state index is 8.77. The first-order valence-corrected chi connectivity index (χ1v) is 7.29. The smallest absolute Gasteiger partial charge is 0.137 e. The molecule has 1 fully saturated rings. The van der Waals surface area contributed by atoms with Gasteiger partial charge in [-0.3, -0.25) is 4.98 Å². The highest BCUT2D eigenvalue weighted by atomic mass is 16.5. The van der Waals surface area contributed by atoms with Crippen molar-refractivity contribution in [2.45, 2.75) is 39.7 Å². The summed E-state index contributed by atoms with van der Waals surface area (Å²) in [7, 11) is 0. The lowest BCUT2D eigenvalue weighted by atomic mass is 10.1. The van der Waals surface area contributed by atoms with Crippen molar-refractivity contribution < 1.29 is 4.74 Å². The summed E-state index contributed by atoms with van der Waals surface area (Å²) >= 11 is 0. The molecular formula is C16H23N3O. The number of hydrogen-bond acceptors (Lipinski definition) is 4. The van der Waals surface area contributed by atoms with Gasteiger partial charge in [-0.1, -0.05) is 13.8 Å². The molecule has 4 nitrogen and oxygen atoms in total.